The lowest BCUT2D eigenvalue weighted by Gasteiger charge is -2.62. The molecule has 23 heavy (non-hydrogen) atoms. The Morgan fingerprint density at radius 2 is 1.96 bits per heavy atom. The molecule has 126 valence electrons. The van der Waals surface area contributed by atoms with Crippen molar-refractivity contribution in [2.75, 3.05) is 0 Å². The molecule has 0 radical (unpaired) electrons. The Hall–Kier alpha value is -0.640. The first kappa shape index (κ1) is 15.9. The number of hydrogen-bond acceptors (Lipinski definition) is 2. The van der Waals surface area contributed by atoms with Gasteiger partial charge in [-0.2, -0.15) is 0 Å². The maximum Gasteiger partial charge on any atom is 0.125 e. The van der Waals surface area contributed by atoms with E-state index in [0.717, 1.165) is 24.8 Å². The minimum atomic E-state index is -0.428. The lowest BCUT2D eigenvalue weighted by Crippen LogP contribution is -2.61. The van der Waals surface area contributed by atoms with Crippen LogP contribution in [0.1, 0.15) is 51.0 Å². The second-order valence-electron chi connectivity index (χ2n) is 8.43. The van der Waals surface area contributed by atoms with Gasteiger partial charge in [0.25, 0.3) is 0 Å². The van der Waals surface area contributed by atoms with Crippen LogP contribution in [-0.4, -0.2) is 16.7 Å². The quantitative estimate of drug-likeness (QED) is 0.859. The molecule has 2 nitrogen and oxygen atoms in total. The normalized spacial score (nSPS) is 39.7. The predicted octanol–water partition coefficient (Wildman–Crippen LogP) is 4.29. The summed E-state index contributed by atoms with van der Waals surface area (Å²) in [7, 11) is 0. The number of rotatable bonds is 4. The van der Waals surface area contributed by atoms with E-state index in [1.807, 2.05) is 6.07 Å². The molecule has 4 aliphatic rings. The van der Waals surface area contributed by atoms with Crippen LogP contribution < -0.4 is 5.32 Å². The standard InChI is InChI=1S/C19H25ClFNO/c1-12(22-10-13-3-16(20)5-17(21)4-13)18-6-14-2-15(7-18)9-19(23,8-14)11-18/h3-5,12,14-15,22-23H,2,6-11H2,1H3. The van der Waals surface area contributed by atoms with Crippen LogP contribution in [0.25, 0.3) is 0 Å². The number of aliphatic hydroxyl groups is 1. The number of halogens is 2. The van der Waals surface area contributed by atoms with E-state index in [2.05, 4.69) is 12.2 Å². The molecule has 5 rings (SSSR count). The van der Waals surface area contributed by atoms with Gasteiger partial charge in [0, 0.05) is 17.6 Å². The lowest BCUT2D eigenvalue weighted by molar-refractivity contribution is -0.172. The second kappa shape index (κ2) is 5.44. The highest BCUT2D eigenvalue weighted by Crippen LogP contribution is 2.62. The maximum atomic E-state index is 13.5. The summed E-state index contributed by atoms with van der Waals surface area (Å²) in [5, 5.41) is 14.9. The first-order valence-corrected chi connectivity index (χ1v) is 9.14. The molecule has 1 aromatic carbocycles. The van der Waals surface area contributed by atoms with Gasteiger partial charge in [0.05, 0.1) is 5.60 Å². The zero-order valence-electron chi connectivity index (χ0n) is 13.6. The van der Waals surface area contributed by atoms with E-state index in [0.29, 0.717) is 29.4 Å². The molecule has 3 atom stereocenters. The molecule has 0 aliphatic heterocycles. The molecule has 0 heterocycles. The molecule has 4 heteroatoms. The van der Waals surface area contributed by atoms with Crippen molar-refractivity contribution in [2.45, 2.75) is 63.6 Å². The fourth-order valence-corrected chi connectivity index (χ4v) is 6.24. The first-order valence-electron chi connectivity index (χ1n) is 8.77. The van der Waals surface area contributed by atoms with Crippen molar-refractivity contribution in [2.24, 2.45) is 17.3 Å². The highest BCUT2D eigenvalue weighted by Gasteiger charge is 2.58. The first-order chi connectivity index (χ1) is 10.9. The van der Waals surface area contributed by atoms with E-state index in [-0.39, 0.29) is 11.2 Å². The van der Waals surface area contributed by atoms with Crippen LogP contribution in [0.5, 0.6) is 0 Å². The number of hydrogen-bond donors (Lipinski definition) is 2. The Morgan fingerprint density at radius 3 is 2.57 bits per heavy atom. The van der Waals surface area contributed by atoms with Crippen LogP contribution in [0.3, 0.4) is 0 Å². The molecule has 4 bridgehead atoms. The van der Waals surface area contributed by atoms with E-state index in [9.17, 15) is 9.50 Å². The van der Waals surface area contributed by atoms with E-state index in [1.54, 1.807) is 6.07 Å². The molecular weight excluding hydrogens is 313 g/mol. The van der Waals surface area contributed by atoms with Crippen LogP contribution >= 0.6 is 11.6 Å². The van der Waals surface area contributed by atoms with Crippen LogP contribution in [0.2, 0.25) is 5.02 Å². The third kappa shape index (κ3) is 2.92. The zero-order chi connectivity index (χ0) is 16.2. The molecule has 0 aromatic heterocycles. The smallest absolute Gasteiger partial charge is 0.125 e. The minimum Gasteiger partial charge on any atom is -0.390 e. The van der Waals surface area contributed by atoms with Gasteiger partial charge in [-0.05, 0) is 86.5 Å². The summed E-state index contributed by atoms with van der Waals surface area (Å²) in [6.45, 7) is 2.85. The average molecular weight is 338 g/mol. The summed E-state index contributed by atoms with van der Waals surface area (Å²) in [5.74, 6) is 1.09. The van der Waals surface area contributed by atoms with Crippen molar-refractivity contribution in [3.05, 3.63) is 34.6 Å². The topological polar surface area (TPSA) is 32.3 Å². The Kier molecular flexibility index (Phi) is 3.75. The van der Waals surface area contributed by atoms with Crippen LogP contribution in [0.4, 0.5) is 4.39 Å². The van der Waals surface area contributed by atoms with Gasteiger partial charge in [-0.3, -0.25) is 0 Å². The van der Waals surface area contributed by atoms with Crippen molar-refractivity contribution in [3.8, 4) is 0 Å². The van der Waals surface area contributed by atoms with Gasteiger partial charge in [-0.15, -0.1) is 0 Å². The number of nitrogens with one attached hydrogen (secondary N) is 1. The highest BCUT2D eigenvalue weighted by molar-refractivity contribution is 6.30. The summed E-state index contributed by atoms with van der Waals surface area (Å²) in [6.07, 6.45) is 6.67. The third-order valence-electron chi connectivity index (χ3n) is 6.53. The highest BCUT2D eigenvalue weighted by atomic mass is 35.5. The van der Waals surface area contributed by atoms with Crippen molar-refractivity contribution in [1.82, 2.24) is 5.32 Å². The summed E-state index contributed by atoms with van der Waals surface area (Å²) < 4.78 is 13.5. The van der Waals surface area contributed by atoms with Crippen molar-refractivity contribution in [1.29, 1.82) is 0 Å². The van der Waals surface area contributed by atoms with E-state index in [4.69, 9.17) is 11.6 Å². The van der Waals surface area contributed by atoms with Gasteiger partial charge in [0.15, 0.2) is 0 Å². The molecular formula is C19H25ClFNO. The van der Waals surface area contributed by atoms with E-state index in [1.165, 1.54) is 25.3 Å². The minimum absolute atomic E-state index is 0.204. The molecule has 1 aromatic rings. The molecule has 0 saturated heterocycles. The SMILES string of the molecule is CC(NCc1cc(F)cc(Cl)c1)C12CC3CC(CC(O)(C3)C1)C2. The maximum absolute atomic E-state index is 13.5. The Morgan fingerprint density at radius 1 is 1.26 bits per heavy atom. The van der Waals surface area contributed by atoms with Gasteiger partial charge < -0.3 is 10.4 Å². The molecule has 0 spiro atoms. The Bertz CT molecular complexity index is 585. The van der Waals surface area contributed by atoms with Crippen LogP contribution in [0.15, 0.2) is 18.2 Å². The molecule has 4 saturated carbocycles. The van der Waals surface area contributed by atoms with Gasteiger partial charge in [-0.25, -0.2) is 4.39 Å². The van der Waals surface area contributed by atoms with Crippen molar-refractivity contribution >= 4 is 11.6 Å². The number of benzene rings is 1. The average Bonchev–Trinajstić information content (AvgIpc) is 2.41. The fraction of sp³-hybridized carbons (Fsp3) is 0.684. The van der Waals surface area contributed by atoms with Crippen LogP contribution in [0, 0.1) is 23.1 Å². The summed E-state index contributed by atoms with van der Waals surface area (Å²) in [6, 6.07) is 5.02. The fourth-order valence-electron chi connectivity index (χ4n) is 5.99. The predicted molar refractivity (Wildman–Crippen MR) is 89.8 cm³/mol. The Labute approximate surface area is 142 Å². The molecule has 2 N–H and O–H groups in total. The molecule has 4 aliphatic carbocycles. The monoisotopic (exact) mass is 337 g/mol. The van der Waals surface area contributed by atoms with Crippen LogP contribution in [-0.2, 0) is 6.54 Å². The summed E-state index contributed by atoms with van der Waals surface area (Å²) in [5.41, 5.74) is 0.656. The van der Waals surface area contributed by atoms with Crippen molar-refractivity contribution in [3.63, 3.8) is 0 Å². The molecule has 3 unspecified atom stereocenters. The largest absolute Gasteiger partial charge is 0.390 e. The summed E-state index contributed by atoms with van der Waals surface area (Å²) >= 11 is 5.94. The second-order valence-corrected chi connectivity index (χ2v) is 8.86. The van der Waals surface area contributed by atoms with Gasteiger partial charge in [0.2, 0.25) is 0 Å². The summed E-state index contributed by atoms with van der Waals surface area (Å²) in [4.78, 5) is 0. The molecule has 0 amide bonds. The van der Waals surface area contributed by atoms with E-state index < -0.39 is 5.60 Å². The third-order valence-corrected chi connectivity index (χ3v) is 6.75. The van der Waals surface area contributed by atoms with E-state index >= 15 is 0 Å². The molecule has 4 fully saturated rings. The Balaban J connectivity index is 1.47. The van der Waals surface area contributed by atoms with Gasteiger partial charge >= 0.3 is 0 Å². The zero-order valence-corrected chi connectivity index (χ0v) is 14.4. The van der Waals surface area contributed by atoms with Gasteiger partial charge in [-0.1, -0.05) is 11.6 Å². The van der Waals surface area contributed by atoms with Crippen molar-refractivity contribution < 1.29 is 9.50 Å². The van der Waals surface area contributed by atoms with Gasteiger partial charge in [0.1, 0.15) is 5.82 Å². The lowest BCUT2D eigenvalue weighted by atomic mass is 9.46.